The van der Waals surface area contributed by atoms with Crippen LogP contribution < -0.4 is 10.6 Å². The van der Waals surface area contributed by atoms with Crippen molar-refractivity contribution in [3.63, 3.8) is 0 Å². The predicted octanol–water partition coefficient (Wildman–Crippen LogP) is 2.51. The van der Waals surface area contributed by atoms with E-state index in [0.717, 1.165) is 5.69 Å². The molecule has 1 amide bonds. The third-order valence-corrected chi connectivity index (χ3v) is 2.40. The van der Waals surface area contributed by atoms with E-state index in [0.29, 0.717) is 0 Å². The molecule has 0 radical (unpaired) electrons. The molecule has 0 saturated heterocycles. The summed E-state index contributed by atoms with van der Waals surface area (Å²) in [7, 11) is 1.74. The Morgan fingerprint density at radius 1 is 1.28 bits per heavy atom. The molecule has 0 unspecified atom stereocenters. The highest BCUT2D eigenvalue weighted by Gasteiger charge is 2.10. The molecule has 0 saturated carbocycles. The van der Waals surface area contributed by atoms with Crippen LogP contribution in [0.15, 0.2) is 42.6 Å². The molecule has 1 heterocycles. The van der Waals surface area contributed by atoms with Crippen LogP contribution in [0, 0.1) is 5.82 Å². The van der Waals surface area contributed by atoms with Gasteiger partial charge in [-0.05, 0) is 24.3 Å². The van der Waals surface area contributed by atoms with Crippen LogP contribution >= 0.6 is 0 Å². The van der Waals surface area contributed by atoms with Gasteiger partial charge in [0.15, 0.2) is 0 Å². The second-order valence-electron chi connectivity index (χ2n) is 3.61. The van der Waals surface area contributed by atoms with Crippen LogP contribution in [-0.2, 0) is 0 Å². The number of nitrogens with one attached hydrogen (secondary N) is 2. The van der Waals surface area contributed by atoms with Gasteiger partial charge in [0, 0.05) is 18.9 Å². The summed E-state index contributed by atoms with van der Waals surface area (Å²) in [4.78, 5) is 15.8. The normalized spacial score (nSPS) is 9.89. The predicted molar refractivity (Wildman–Crippen MR) is 68.1 cm³/mol. The lowest BCUT2D eigenvalue weighted by molar-refractivity contribution is 0.102. The van der Waals surface area contributed by atoms with Crippen LogP contribution in [0.3, 0.4) is 0 Å². The number of amides is 1. The fourth-order valence-corrected chi connectivity index (χ4v) is 1.46. The summed E-state index contributed by atoms with van der Waals surface area (Å²) in [5, 5.41) is 5.38. The van der Waals surface area contributed by atoms with Gasteiger partial charge in [-0.1, -0.05) is 12.1 Å². The molecular weight excluding hydrogens is 233 g/mol. The van der Waals surface area contributed by atoms with Crippen molar-refractivity contribution in [2.45, 2.75) is 0 Å². The zero-order chi connectivity index (χ0) is 13.0. The molecule has 2 N–H and O–H groups in total. The van der Waals surface area contributed by atoms with Gasteiger partial charge in [-0.15, -0.1) is 0 Å². The van der Waals surface area contributed by atoms with E-state index in [9.17, 15) is 9.18 Å². The van der Waals surface area contributed by atoms with Crippen molar-refractivity contribution in [1.82, 2.24) is 4.98 Å². The van der Waals surface area contributed by atoms with Gasteiger partial charge in [0.05, 0.1) is 5.69 Å². The number of carbonyl (C=O) groups is 1. The van der Waals surface area contributed by atoms with Crippen molar-refractivity contribution in [2.75, 3.05) is 17.7 Å². The van der Waals surface area contributed by atoms with E-state index in [1.165, 1.54) is 18.3 Å². The molecule has 2 aromatic rings. The van der Waals surface area contributed by atoms with Crippen molar-refractivity contribution in [3.05, 3.63) is 54.1 Å². The number of hydrogen-bond acceptors (Lipinski definition) is 3. The molecule has 0 spiro atoms. The van der Waals surface area contributed by atoms with E-state index in [4.69, 9.17) is 0 Å². The molecule has 92 valence electrons. The number of rotatable bonds is 3. The molecule has 0 bridgehead atoms. The minimum Gasteiger partial charge on any atom is -0.388 e. The molecule has 4 nitrogen and oxygen atoms in total. The SMILES string of the molecule is CNc1ccnc(C(=O)Nc2ccccc2F)c1. The number of nitrogens with zero attached hydrogens (tertiary/aromatic N) is 1. The first kappa shape index (κ1) is 12.0. The fourth-order valence-electron chi connectivity index (χ4n) is 1.46. The van der Waals surface area contributed by atoms with Crippen LogP contribution in [0.2, 0.25) is 0 Å². The second-order valence-corrected chi connectivity index (χ2v) is 3.61. The van der Waals surface area contributed by atoms with Gasteiger partial charge >= 0.3 is 0 Å². The lowest BCUT2D eigenvalue weighted by atomic mass is 10.2. The van der Waals surface area contributed by atoms with Gasteiger partial charge in [-0.3, -0.25) is 9.78 Å². The maximum Gasteiger partial charge on any atom is 0.274 e. The number of halogens is 1. The van der Waals surface area contributed by atoms with Gasteiger partial charge in [-0.25, -0.2) is 4.39 Å². The highest BCUT2D eigenvalue weighted by molar-refractivity contribution is 6.03. The van der Waals surface area contributed by atoms with Crippen molar-refractivity contribution in [3.8, 4) is 0 Å². The van der Waals surface area contributed by atoms with Crippen LogP contribution in [0.1, 0.15) is 10.5 Å². The van der Waals surface area contributed by atoms with E-state index in [2.05, 4.69) is 15.6 Å². The van der Waals surface area contributed by atoms with Crippen molar-refractivity contribution < 1.29 is 9.18 Å². The maximum atomic E-state index is 13.4. The summed E-state index contributed by atoms with van der Waals surface area (Å²) >= 11 is 0. The van der Waals surface area contributed by atoms with E-state index in [-0.39, 0.29) is 11.4 Å². The van der Waals surface area contributed by atoms with Gasteiger partial charge in [0.25, 0.3) is 5.91 Å². The third-order valence-electron chi connectivity index (χ3n) is 2.40. The lowest BCUT2D eigenvalue weighted by Crippen LogP contribution is -2.14. The van der Waals surface area contributed by atoms with Crippen molar-refractivity contribution in [2.24, 2.45) is 0 Å². The number of aromatic nitrogens is 1. The average molecular weight is 245 g/mol. The van der Waals surface area contributed by atoms with Crippen LogP contribution in [-0.4, -0.2) is 17.9 Å². The molecule has 5 heteroatoms. The Bertz CT molecular complexity index is 572. The number of carbonyl (C=O) groups excluding carboxylic acids is 1. The smallest absolute Gasteiger partial charge is 0.274 e. The number of para-hydroxylation sites is 1. The molecular formula is C13H12FN3O. The second kappa shape index (κ2) is 5.27. The lowest BCUT2D eigenvalue weighted by Gasteiger charge is -2.06. The minimum absolute atomic E-state index is 0.138. The number of benzene rings is 1. The Morgan fingerprint density at radius 2 is 2.06 bits per heavy atom. The third kappa shape index (κ3) is 2.63. The highest BCUT2D eigenvalue weighted by atomic mass is 19.1. The first-order valence-corrected chi connectivity index (χ1v) is 5.40. The first-order chi connectivity index (χ1) is 8.70. The monoisotopic (exact) mass is 245 g/mol. The zero-order valence-electron chi connectivity index (χ0n) is 9.77. The first-order valence-electron chi connectivity index (χ1n) is 5.40. The molecule has 18 heavy (non-hydrogen) atoms. The van der Waals surface area contributed by atoms with Gasteiger partial charge in [-0.2, -0.15) is 0 Å². The zero-order valence-corrected chi connectivity index (χ0v) is 9.77. The molecule has 2 rings (SSSR count). The van der Waals surface area contributed by atoms with Crippen molar-refractivity contribution >= 4 is 17.3 Å². The van der Waals surface area contributed by atoms with Gasteiger partial charge in [0.2, 0.25) is 0 Å². The van der Waals surface area contributed by atoms with Crippen LogP contribution in [0.4, 0.5) is 15.8 Å². The molecule has 1 aromatic heterocycles. The van der Waals surface area contributed by atoms with E-state index >= 15 is 0 Å². The standard InChI is InChI=1S/C13H12FN3O/c1-15-9-6-7-16-12(8-9)13(18)17-11-5-3-2-4-10(11)14/h2-8H,1H3,(H,15,16)(H,17,18). The highest BCUT2D eigenvalue weighted by Crippen LogP contribution is 2.14. The topological polar surface area (TPSA) is 54.0 Å². The molecule has 0 fully saturated rings. The van der Waals surface area contributed by atoms with Gasteiger partial charge in [0.1, 0.15) is 11.5 Å². The molecule has 0 aliphatic rings. The van der Waals surface area contributed by atoms with E-state index in [1.807, 2.05) is 0 Å². The van der Waals surface area contributed by atoms with Gasteiger partial charge < -0.3 is 10.6 Å². The number of pyridine rings is 1. The quantitative estimate of drug-likeness (QED) is 0.873. The summed E-state index contributed by atoms with van der Waals surface area (Å²) < 4.78 is 13.4. The minimum atomic E-state index is -0.476. The summed E-state index contributed by atoms with van der Waals surface area (Å²) in [6.07, 6.45) is 1.52. The summed E-state index contributed by atoms with van der Waals surface area (Å²) in [6.45, 7) is 0. The Morgan fingerprint density at radius 3 is 2.78 bits per heavy atom. The molecule has 0 atom stereocenters. The molecule has 0 aliphatic heterocycles. The number of hydrogen-bond donors (Lipinski definition) is 2. The maximum absolute atomic E-state index is 13.4. The largest absolute Gasteiger partial charge is 0.388 e. The van der Waals surface area contributed by atoms with E-state index < -0.39 is 11.7 Å². The van der Waals surface area contributed by atoms with Crippen LogP contribution in [0.25, 0.3) is 0 Å². The summed E-state index contributed by atoms with van der Waals surface area (Å²) in [6, 6.07) is 9.32. The average Bonchev–Trinajstić information content (AvgIpc) is 2.41. The molecule has 0 aliphatic carbocycles. The van der Waals surface area contributed by atoms with Crippen molar-refractivity contribution in [1.29, 1.82) is 0 Å². The Labute approximate surface area is 104 Å². The molecule has 1 aromatic carbocycles. The summed E-state index contributed by atoms with van der Waals surface area (Å²) in [5.74, 6) is -0.923. The fraction of sp³-hybridized carbons (Fsp3) is 0.0769. The van der Waals surface area contributed by atoms with Crippen LogP contribution in [0.5, 0.6) is 0 Å². The van der Waals surface area contributed by atoms with E-state index in [1.54, 1.807) is 31.3 Å². The Balaban J connectivity index is 2.19. The summed E-state index contributed by atoms with van der Waals surface area (Å²) in [5.41, 5.74) is 1.13. The number of anilines is 2. The Kier molecular flexibility index (Phi) is 3.52. The Hall–Kier alpha value is -2.43.